The predicted octanol–water partition coefficient (Wildman–Crippen LogP) is 12.4. The molecule has 0 unspecified atom stereocenters. The van der Waals surface area contributed by atoms with E-state index in [1.54, 1.807) is 12.2 Å². The molecule has 5 heteroatoms. The Morgan fingerprint density at radius 2 is 1.39 bits per heavy atom. The maximum atomic E-state index is 5.40. The van der Waals surface area contributed by atoms with Crippen LogP contribution in [0.1, 0.15) is 74.1 Å². The van der Waals surface area contributed by atoms with Crippen LogP contribution in [0.25, 0.3) is 48.3 Å². The lowest BCUT2D eigenvalue weighted by Crippen LogP contribution is -2.08. The molecule has 0 bridgehead atoms. The minimum absolute atomic E-state index is 0.573. The second-order valence-electron chi connectivity index (χ2n) is 13.1. The van der Waals surface area contributed by atoms with E-state index < -0.39 is 0 Å². The average Bonchev–Trinajstić information content (AvgIpc) is 3.58. The van der Waals surface area contributed by atoms with Gasteiger partial charge in [-0.1, -0.05) is 110 Å². The molecule has 0 N–H and O–H groups in total. The fourth-order valence-corrected chi connectivity index (χ4v) is 8.21. The molecule has 0 saturated heterocycles. The summed E-state index contributed by atoms with van der Waals surface area (Å²) in [6, 6.07) is 11.4. The van der Waals surface area contributed by atoms with Crippen LogP contribution in [0.3, 0.4) is 0 Å². The van der Waals surface area contributed by atoms with Crippen molar-refractivity contribution in [3.8, 4) is 11.4 Å². The summed E-state index contributed by atoms with van der Waals surface area (Å²) in [5.41, 5.74) is 9.48. The smallest absolute Gasteiger partial charge is 0.164 e. The van der Waals surface area contributed by atoms with E-state index in [4.69, 9.17) is 19.9 Å². The van der Waals surface area contributed by atoms with Crippen molar-refractivity contribution >= 4 is 53.9 Å². The second kappa shape index (κ2) is 14.8. The Morgan fingerprint density at radius 3 is 2.08 bits per heavy atom. The highest BCUT2D eigenvalue weighted by Gasteiger charge is 2.22. The molecule has 0 radical (unpaired) electrons. The van der Waals surface area contributed by atoms with Crippen molar-refractivity contribution in [3.63, 3.8) is 0 Å². The van der Waals surface area contributed by atoms with Gasteiger partial charge in [0.15, 0.2) is 17.5 Å². The summed E-state index contributed by atoms with van der Waals surface area (Å²) in [5.74, 6) is 1.85. The molecule has 2 aromatic carbocycles. The van der Waals surface area contributed by atoms with Crippen molar-refractivity contribution in [1.29, 1.82) is 0 Å². The fraction of sp³-hybridized carbons (Fsp3) is 0.174. The quantitative estimate of drug-likeness (QED) is 0.131. The number of fused-ring (bicyclic) bond motifs is 3. The van der Waals surface area contributed by atoms with Gasteiger partial charge in [0.1, 0.15) is 0 Å². The molecule has 4 aliphatic carbocycles. The molecular formula is C46H40N4S. The maximum Gasteiger partial charge on any atom is 0.164 e. The van der Waals surface area contributed by atoms with Crippen molar-refractivity contribution in [2.75, 3.05) is 0 Å². The second-order valence-corrected chi connectivity index (χ2v) is 14.1. The molecule has 8 rings (SSSR count). The molecule has 0 spiro atoms. The number of rotatable bonds is 9. The molecule has 250 valence electrons. The Labute approximate surface area is 304 Å². The predicted molar refractivity (Wildman–Crippen MR) is 219 cm³/mol. The fourth-order valence-electron chi connectivity index (χ4n) is 6.97. The van der Waals surface area contributed by atoms with Gasteiger partial charge in [0.2, 0.25) is 0 Å². The van der Waals surface area contributed by atoms with Crippen LogP contribution in [0.15, 0.2) is 151 Å². The largest absolute Gasteiger partial charge is 0.248 e. The van der Waals surface area contributed by atoms with E-state index in [2.05, 4.69) is 116 Å². The maximum absolute atomic E-state index is 5.40. The molecule has 0 saturated carbocycles. The number of hydrogen-bond donors (Lipinski definition) is 0. The lowest BCUT2D eigenvalue weighted by molar-refractivity contribution is 0.986. The lowest BCUT2D eigenvalue weighted by Gasteiger charge is -2.16. The van der Waals surface area contributed by atoms with Gasteiger partial charge in [-0.2, -0.15) is 0 Å². The number of aromatic nitrogens is 3. The summed E-state index contributed by atoms with van der Waals surface area (Å²) in [6.45, 7) is 7.99. The summed E-state index contributed by atoms with van der Waals surface area (Å²) in [5, 5.41) is 2.40. The molecule has 2 heterocycles. The zero-order chi connectivity index (χ0) is 34.6. The monoisotopic (exact) mass is 680 g/mol. The van der Waals surface area contributed by atoms with Gasteiger partial charge in [0.05, 0.1) is 11.4 Å². The van der Waals surface area contributed by atoms with Crippen molar-refractivity contribution in [3.05, 3.63) is 169 Å². The number of thiophene rings is 1. The first kappa shape index (κ1) is 32.7. The van der Waals surface area contributed by atoms with Crippen LogP contribution < -0.4 is 0 Å². The van der Waals surface area contributed by atoms with Gasteiger partial charge < -0.3 is 0 Å². The molecule has 0 atom stereocenters. The summed E-state index contributed by atoms with van der Waals surface area (Å²) in [4.78, 5) is 20.6. The summed E-state index contributed by atoms with van der Waals surface area (Å²) < 4.78 is 2.46. The van der Waals surface area contributed by atoms with Gasteiger partial charge in [0.25, 0.3) is 0 Å². The number of benzene rings is 2. The van der Waals surface area contributed by atoms with E-state index in [1.165, 1.54) is 31.3 Å². The molecular weight excluding hydrogens is 641 g/mol. The van der Waals surface area contributed by atoms with Crippen LogP contribution in [-0.4, -0.2) is 20.7 Å². The first-order valence-electron chi connectivity index (χ1n) is 18.0. The number of hydrogen-bond acceptors (Lipinski definition) is 5. The third-order valence-electron chi connectivity index (χ3n) is 9.56. The summed E-state index contributed by atoms with van der Waals surface area (Å²) in [6.07, 6.45) is 40.5. The van der Waals surface area contributed by atoms with Crippen molar-refractivity contribution in [2.24, 2.45) is 4.99 Å². The lowest BCUT2D eigenvalue weighted by atomic mass is 9.93. The Kier molecular flexibility index (Phi) is 9.46. The molecule has 0 amide bonds. The highest BCUT2D eigenvalue weighted by Crippen LogP contribution is 2.41. The summed E-state index contributed by atoms with van der Waals surface area (Å²) in [7, 11) is 0. The first-order chi connectivity index (χ1) is 25.2. The molecule has 4 aliphatic rings. The normalized spacial score (nSPS) is 17.7. The van der Waals surface area contributed by atoms with E-state index in [-0.39, 0.29) is 0 Å². The third-order valence-corrected chi connectivity index (χ3v) is 10.8. The van der Waals surface area contributed by atoms with Crippen molar-refractivity contribution in [1.82, 2.24) is 15.0 Å². The number of allylic oxidation sites excluding steroid dienone is 19. The number of nitrogens with zero attached hydrogens (tertiary/aromatic N) is 4. The Morgan fingerprint density at radius 1 is 0.667 bits per heavy atom. The van der Waals surface area contributed by atoms with E-state index >= 15 is 0 Å². The molecule has 4 nitrogen and oxygen atoms in total. The number of aliphatic imine (C=N–C) groups is 1. The van der Waals surface area contributed by atoms with Crippen molar-refractivity contribution < 1.29 is 0 Å². The van der Waals surface area contributed by atoms with Crippen LogP contribution in [0.2, 0.25) is 0 Å². The van der Waals surface area contributed by atoms with Gasteiger partial charge in [-0.05, 0) is 92.4 Å². The Balaban J connectivity index is 1.41. The zero-order valence-electron chi connectivity index (χ0n) is 28.8. The topological polar surface area (TPSA) is 51.0 Å². The average molecular weight is 681 g/mol. The highest BCUT2D eigenvalue weighted by atomic mass is 32.1. The third kappa shape index (κ3) is 6.82. The standard InChI is InChI=1S/C46H40N4S/c1-3-17-31(4-2)44-48-45(34-22-13-7-14-23-34)50-46(49-44)36-28-39-38-27-26-35(32-18-9-5-10-19-32)30-41(38)51-43(39)40(29-36)42(33-20-11-6-12-21-33)47-37-24-15-8-16-25-37/h3-4,9,11,13,15,17-30H,1-2,5-8,10,12,14,16H2/b31-17+,47-42+. The minimum atomic E-state index is 0.573. The highest BCUT2D eigenvalue weighted by molar-refractivity contribution is 7.26. The van der Waals surface area contributed by atoms with Gasteiger partial charge in [-0.25, -0.2) is 19.9 Å². The zero-order valence-corrected chi connectivity index (χ0v) is 29.6. The van der Waals surface area contributed by atoms with Crippen LogP contribution in [0, 0.1) is 0 Å². The van der Waals surface area contributed by atoms with Crippen LogP contribution >= 0.6 is 11.3 Å². The molecule has 2 aromatic heterocycles. The molecule has 0 fully saturated rings. The van der Waals surface area contributed by atoms with Crippen molar-refractivity contribution in [2.45, 2.75) is 51.4 Å². The minimum Gasteiger partial charge on any atom is -0.248 e. The van der Waals surface area contributed by atoms with E-state index in [0.29, 0.717) is 17.5 Å². The molecule has 0 aliphatic heterocycles. The first-order valence-corrected chi connectivity index (χ1v) is 18.8. The molecule has 51 heavy (non-hydrogen) atoms. The van der Waals surface area contributed by atoms with E-state index in [9.17, 15) is 0 Å². The Bertz CT molecular complexity index is 2400. The van der Waals surface area contributed by atoms with Gasteiger partial charge in [0, 0.05) is 42.4 Å². The van der Waals surface area contributed by atoms with E-state index in [1.807, 2.05) is 17.4 Å². The van der Waals surface area contributed by atoms with Gasteiger partial charge in [-0.3, -0.25) is 0 Å². The Hall–Kier alpha value is -5.52. The van der Waals surface area contributed by atoms with Crippen LogP contribution in [-0.2, 0) is 0 Å². The van der Waals surface area contributed by atoms with Crippen LogP contribution in [0.4, 0.5) is 0 Å². The van der Waals surface area contributed by atoms with E-state index in [0.717, 1.165) is 90.6 Å². The summed E-state index contributed by atoms with van der Waals surface area (Å²) >= 11 is 1.84. The van der Waals surface area contributed by atoms with Gasteiger partial charge in [-0.15, -0.1) is 11.3 Å². The van der Waals surface area contributed by atoms with Crippen LogP contribution in [0.5, 0.6) is 0 Å². The SMILES string of the molecule is C=C/C=C(\C=C)c1nc(C2=CCCC=C2)nc(-c2cc(/C(=N/C3=CCCC=C3)C3=CCCC=C3)c3sc4cc(C5=CCCC=C5)ccc4c3c2)n1. The molecule has 4 aromatic rings. The van der Waals surface area contributed by atoms with Gasteiger partial charge >= 0.3 is 0 Å².